The summed E-state index contributed by atoms with van der Waals surface area (Å²) in [7, 11) is 2.80. The molecular weight excluding hydrogens is 398 g/mol. The number of carbonyl (C=O) groups excluding carboxylic acids is 1. The van der Waals surface area contributed by atoms with Gasteiger partial charge in [-0.15, -0.1) is 0 Å². The number of rotatable bonds is 6. The van der Waals surface area contributed by atoms with E-state index >= 15 is 0 Å². The summed E-state index contributed by atoms with van der Waals surface area (Å²) in [5.41, 5.74) is 1.22. The zero-order chi connectivity index (χ0) is 20.3. The van der Waals surface area contributed by atoms with Crippen molar-refractivity contribution in [3.8, 4) is 11.5 Å². The van der Waals surface area contributed by atoms with Crippen LogP contribution in [0, 0.1) is 0 Å². The first-order chi connectivity index (χ1) is 13.5. The molecule has 1 fully saturated rings. The lowest BCUT2D eigenvalue weighted by Crippen LogP contribution is -2.27. The van der Waals surface area contributed by atoms with Crippen molar-refractivity contribution in [3.05, 3.63) is 64.1 Å². The summed E-state index contributed by atoms with van der Waals surface area (Å²) in [5, 5.41) is 9.64. The molecule has 0 radical (unpaired) electrons. The fourth-order valence-corrected chi connectivity index (χ4v) is 4.07. The number of nitrogens with zero attached hydrogens (tertiary/aromatic N) is 1. The summed E-state index contributed by atoms with van der Waals surface area (Å²) >= 11 is 6.49. The zero-order valence-electron chi connectivity index (χ0n) is 15.2. The number of thioether (sulfide) groups is 1. The molecule has 6 nitrogen and oxygen atoms in total. The third kappa shape index (κ3) is 3.88. The number of thiocarbonyl (C=S) groups is 1. The Labute approximate surface area is 171 Å². The quantitative estimate of drug-likeness (QED) is 0.568. The predicted molar refractivity (Wildman–Crippen MR) is 112 cm³/mol. The number of aromatic carboxylic acids is 1. The van der Waals surface area contributed by atoms with Crippen LogP contribution in [0.15, 0.2) is 47.4 Å². The van der Waals surface area contributed by atoms with Crippen molar-refractivity contribution in [1.82, 2.24) is 4.90 Å². The molecule has 2 aromatic rings. The number of ether oxygens (including phenoxy) is 2. The first-order valence-electron chi connectivity index (χ1n) is 8.23. The monoisotopic (exact) mass is 415 g/mol. The summed E-state index contributed by atoms with van der Waals surface area (Å²) < 4.78 is 10.8. The van der Waals surface area contributed by atoms with E-state index in [-0.39, 0.29) is 17.2 Å². The number of amides is 1. The maximum atomic E-state index is 12.8. The van der Waals surface area contributed by atoms with Gasteiger partial charge in [0.25, 0.3) is 5.91 Å². The highest BCUT2D eigenvalue weighted by Gasteiger charge is 2.32. The Kier molecular flexibility index (Phi) is 6.01. The Balaban J connectivity index is 1.97. The van der Waals surface area contributed by atoms with Crippen molar-refractivity contribution in [3.63, 3.8) is 0 Å². The van der Waals surface area contributed by atoms with Crippen LogP contribution < -0.4 is 9.47 Å². The van der Waals surface area contributed by atoms with E-state index in [9.17, 15) is 14.7 Å². The number of methoxy groups -OCH3 is 2. The number of carboxylic acids is 1. The first-order valence-corrected chi connectivity index (χ1v) is 9.46. The average Bonchev–Trinajstić information content (AvgIpc) is 2.95. The third-order valence-corrected chi connectivity index (χ3v) is 5.51. The third-order valence-electron chi connectivity index (χ3n) is 4.14. The molecule has 0 atom stereocenters. The van der Waals surface area contributed by atoms with Crippen LogP contribution in [0.1, 0.15) is 21.5 Å². The van der Waals surface area contributed by atoms with E-state index in [2.05, 4.69) is 0 Å². The smallest absolute Gasteiger partial charge is 0.340 e. The van der Waals surface area contributed by atoms with Gasteiger partial charge in [-0.2, -0.15) is 0 Å². The number of hydrogen-bond donors (Lipinski definition) is 1. The first kappa shape index (κ1) is 19.9. The molecule has 0 unspecified atom stereocenters. The molecule has 1 heterocycles. The second-order valence-corrected chi connectivity index (χ2v) is 7.50. The molecule has 1 N–H and O–H groups in total. The molecule has 0 saturated carbocycles. The molecule has 1 aliphatic rings. The van der Waals surface area contributed by atoms with Crippen LogP contribution in [0.5, 0.6) is 11.5 Å². The van der Waals surface area contributed by atoms with Crippen molar-refractivity contribution in [2.75, 3.05) is 14.2 Å². The van der Waals surface area contributed by atoms with Gasteiger partial charge in [0.05, 0.1) is 25.7 Å². The fourth-order valence-electron chi connectivity index (χ4n) is 2.83. The molecule has 144 valence electrons. The van der Waals surface area contributed by atoms with Gasteiger partial charge in [-0.05, 0) is 23.3 Å². The maximum absolute atomic E-state index is 12.8. The van der Waals surface area contributed by atoms with Crippen molar-refractivity contribution in [2.24, 2.45) is 0 Å². The summed E-state index contributed by atoms with van der Waals surface area (Å²) in [6.45, 7) is 0.362. The second kappa shape index (κ2) is 8.45. The molecule has 2 aromatic carbocycles. The molecule has 1 aliphatic heterocycles. The molecule has 8 heteroatoms. The highest BCUT2D eigenvalue weighted by molar-refractivity contribution is 8.26. The van der Waals surface area contributed by atoms with Gasteiger partial charge < -0.3 is 14.6 Å². The molecule has 28 heavy (non-hydrogen) atoms. The average molecular weight is 415 g/mol. The van der Waals surface area contributed by atoms with Gasteiger partial charge in [-0.1, -0.05) is 60.4 Å². The van der Waals surface area contributed by atoms with Crippen molar-refractivity contribution < 1.29 is 24.2 Å². The van der Waals surface area contributed by atoms with Gasteiger partial charge in [0.2, 0.25) is 0 Å². The summed E-state index contributed by atoms with van der Waals surface area (Å²) in [5.74, 6) is -1.04. The van der Waals surface area contributed by atoms with E-state index in [1.807, 2.05) is 30.3 Å². The van der Waals surface area contributed by atoms with Crippen LogP contribution in [0.3, 0.4) is 0 Å². The number of carboxylic acid groups (broad SMARTS) is 1. The second-order valence-electron chi connectivity index (χ2n) is 5.82. The number of hydrogen-bond acceptors (Lipinski definition) is 6. The van der Waals surface area contributed by atoms with Gasteiger partial charge >= 0.3 is 5.97 Å². The molecule has 1 amide bonds. The molecule has 0 aliphatic carbocycles. The normalized spacial score (nSPS) is 15.2. The molecule has 3 rings (SSSR count). The van der Waals surface area contributed by atoms with Gasteiger partial charge in [-0.25, -0.2) is 4.79 Å². The summed E-state index contributed by atoms with van der Waals surface area (Å²) in [6, 6.07) is 12.7. The zero-order valence-corrected chi connectivity index (χ0v) is 16.8. The lowest BCUT2D eigenvalue weighted by Gasteiger charge is -2.14. The highest BCUT2D eigenvalue weighted by atomic mass is 32.2. The molecule has 0 bridgehead atoms. The van der Waals surface area contributed by atoms with Crippen molar-refractivity contribution in [1.29, 1.82) is 0 Å². The van der Waals surface area contributed by atoms with Crippen molar-refractivity contribution >= 4 is 46.3 Å². The van der Waals surface area contributed by atoms with Crippen LogP contribution in [-0.2, 0) is 11.3 Å². The summed E-state index contributed by atoms with van der Waals surface area (Å²) in [4.78, 5) is 26.5. The number of benzene rings is 2. The molecular formula is C20H17NO5S2. The largest absolute Gasteiger partial charge is 0.493 e. The van der Waals surface area contributed by atoms with Gasteiger partial charge in [0.15, 0.2) is 11.5 Å². The Morgan fingerprint density at radius 1 is 1.18 bits per heavy atom. The Bertz CT molecular complexity index is 972. The van der Waals surface area contributed by atoms with Crippen LogP contribution in [0.2, 0.25) is 0 Å². The van der Waals surface area contributed by atoms with Gasteiger partial charge in [-0.3, -0.25) is 9.69 Å². The van der Waals surface area contributed by atoms with E-state index < -0.39 is 5.97 Å². The Morgan fingerprint density at radius 2 is 1.89 bits per heavy atom. The Morgan fingerprint density at radius 3 is 2.50 bits per heavy atom. The minimum absolute atomic E-state index is 0.0739. The standard InChI is InChI=1S/C20H17NO5S2/c1-25-14-9-8-13(16(19(23)24)17(14)26-2)10-15-18(22)21(20(27)28-15)11-12-6-4-3-5-7-12/h3-10H,11H2,1-2H3,(H,23,24)/b15-10+. The van der Waals surface area contributed by atoms with E-state index in [1.54, 1.807) is 12.1 Å². The van der Waals surface area contributed by atoms with E-state index in [0.29, 0.717) is 27.1 Å². The minimum Gasteiger partial charge on any atom is -0.493 e. The van der Waals surface area contributed by atoms with Crippen LogP contribution in [-0.4, -0.2) is 40.4 Å². The molecule has 1 saturated heterocycles. The van der Waals surface area contributed by atoms with Gasteiger partial charge in [0, 0.05) is 0 Å². The lowest BCUT2D eigenvalue weighted by atomic mass is 10.0. The van der Waals surface area contributed by atoms with Crippen molar-refractivity contribution in [2.45, 2.75) is 6.54 Å². The van der Waals surface area contributed by atoms with Crippen LogP contribution in [0.25, 0.3) is 6.08 Å². The minimum atomic E-state index is -1.18. The molecule has 0 aromatic heterocycles. The molecule has 0 spiro atoms. The van der Waals surface area contributed by atoms with E-state index in [1.165, 1.54) is 25.2 Å². The lowest BCUT2D eigenvalue weighted by molar-refractivity contribution is -0.122. The van der Waals surface area contributed by atoms with Gasteiger partial charge in [0.1, 0.15) is 9.88 Å². The van der Waals surface area contributed by atoms with Crippen LogP contribution in [0.4, 0.5) is 0 Å². The highest BCUT2D eigenvalue weighted by Crippen LogP contribution is 2.38. The van der Waals surface area contributed by atoms with Crippen LogP contribution >= 0.6 is 24.0 Å². The van der Waals surface area contributed by atoms with E-state index in [4.69, 9.17) is 21.7 Å². The van der Waals surface area contributed by atoms with E-state index in [0.717, 1.165) is 17.3 Å². The number of carbonyl (C=O) groups is 2. The fraction of sp³-hybridized carbons (Fsp3) is 0.150. The topological polar surface area (TPSA) is 76.1 Å². The maximum Gasteiger partial charge on any atom is 0.340 e. The predicted octanol–water partition coefficient (Wildman–Crippen LogP) is 3.80. The summed E-state index contributed by atoms with van der Waals surface area (Å²) in [6.07, 6.45) is 1.52. The Hall–Kier alpha value is -2.84. The SMILES string of the molecule is COc1ccc(/C=C2/SC(=S)N(Cc3ccccc3)C2=O)c(C(=O)O)c1OC.